The van der Waals surface area contributed by atoms with Crippen molar-refractivity contribution in [2.75, 3.05) is 5.43 Å². The molecule has 0 spiro atoms. The van der Waals surface area contributed by atoms with Gasteiger partial charge in [0.1, 0.15) is 5.82 Å². The van der Waals surface area contributed by atoms with Crippen molar-refractivity contribution in [2.45, 2.75) is 20.3 Å². The number of hydrogen-bond donors (Lipinski definition) is 2. The average molecular weight is 289 g/mol. The number of aromatic nitrogens is 2. The summed E-state index contributed by atoms with van der Waals surface area (Å²) in [5.41, 5.74) is 3.64. The van der Waals surface area contributed by atoms with Crippen LogP contribution in [0, 0.1) is 17.0 Å². The molecular weight excluding hydrogens is 274 g/mol. The largest absolute Gasteiger partial charge is 0.432 e. The molecule has 0 saturated heterocycles. The van der Waals surface area contributed by atoms with Gasteiger partial charge in [-0.2, -0.15) is 4.98 Å². The number of pyridine rings is 2. The number of anilines is 1. The minimum atomic E-state index is -0.560. The zero-order valence-electron chi connectivity index (χ0n) is 11.7. The van der Waals surface area contributed by atoms with E-state index in [1.807, 2.05) is 13.8 Å². The van der Waals surface area contributed by atoms with Crippen molar-refractivity contribution < 1.29 is 9.66 Å². The Morgan fingerprint density at radius 1 is 1.33 bits per heavy atom. The number of hydrazine groups is 1. The Kier molecular flexibility index (Phi) is 4.29. The molecule has 0 saturated carbocycles. The molecule has 8 nitrogen and oxygen atoms in total. The smallest absolute Gasteiger partial charge is 0.331 e. The Hall–Kier alpha value is -2.74. The molecule has 110 valence electrons. The van der Waals surface area contributed by atoms with E-state index < -0.39 is 4.92 Å². The van der Waals surface area contributed by atoms with Crippen molar-refractivity contribution in [1.82, 2.24) is 9.97 Å². The van der Waals surface area contributed by atoms with Crippen molar-refractivity contribution in [3.63, 3.8) is 0 Å². The Morgan fingerprint density at radius 3 is 2.71 bits per heavy atom. The van der Waals surface area contributed by atoms with Gasteiger partial charge in [-0.15, -0.1) is 0 Å². The van der Waals surface area contributed by atoms with Gasteiger partial charge in [-0.05, 0) is 31.5 Å². The number of nitrogens with two attached hydrogens (primary N) is 1. The molecule has 8 heteroatoms. The highest BCUT2D eigenvalue weighted by molar-refractivity contribution is 5.50. The van der Waals surface area contributed by atoms with Crippen LogP contribution in [0.5, 0.6) is 11.6 Å². The van der Waals surface area contributed by atoms with Crippen molar-refractivity contribution >= 4 is 11.5 Å². The van der Waals surface area contributed by atoms with Gasteiger partial charge in [0.05, 0.1) is 10.6 Å². The molecule has 21 heavy (non-hydrogen) atoms. The Balaban J connectivity index is 2.45. The summed E-state index contributed by atoms with van der Waals surface area (Å²) in [6.07, 6.45) is 0.639. The maximum absolute atomic E-state index is 11.0. The molecule has 0 radical (unpaired) electrons. The fourth-order valence-electron chi connectivity index (χ4n) is 1.78. The van der Waals surface area contributed by atoms with Crippen molar-refractivity contribution in [3.8, 4) is 11.6 Å². The maximum Gasteiger partial charge on any atom is 0.331 e. The molecule has 0 fully saturated rings. The van der Waals surface area contributed by atoms with Gasteiger partial charge in [0.25, 0.3) is 0 Å². The van der Waals surface area contributed by atoms with E-state index in [1.54, 1.807) is 12.1 Å². The standard InChI is InChI=1S/C13H15N5O3/c1-3-9-11(6-4-8(2)15-9)21-13-10(18(19)20)5-7-12(16-13)17-14/h4-7H,3,14H2,1-2H3,(H,16,17). The van der Waals surface area contributed by atoms with E-state index >= 15 is 0 Å². The zero-order valence-corrected chi connectivity index (χ0v) is 11.7. The lowest BCUT2D eigenvalue weighted by Crippen LogP contribution is -2.09. The molecule has 2 aromatic rings. The van der Waals surface area contributed by atoms with Gasteiger partial charge in [-0.25, -0.2) is 5.84 Å². The van der Waals surface area contributed by atoms with Crippen LogP contribution in [0.25, 0.3) is 0 Å². The highest BCUT2D eigenvalue weighted by Gasteiger charge is 2.19. The minimum absolute atomic E-state index is 0.129. The molecule has 2 heterocycles. The molecular formula is C13H15N5O3. The van der Waals surface area contributed by atoms with Gasteiger partial charge in [-0.1, -0.05) is 6.92 Å². The third-order valence-electron chi connectivity index (χ3n) is 2.80. The van der Waals surface area contributed by atoms with E-state index in [2.05, 4.69) is 15.4 Å². The van der Waals surface area contributed by atoms with Crippen LogP contribution >= 0.6 is 0 Å². The second-order valence-electron chi connectivity index (χ2n) is 4.28. The third kappa shape index (κ3) is 3.23. The predicted molar refractivity (Wildman–Crippen MR) is 77.1 cm³/mol. The summed E-state index contributed by atoms with van der Waals surface area (Å²) in [5, 5.41) is 11.0. The summed E-state index contributed by atoms with van der Waals surface area (Å²) in [6, 6.07) is 6.17. The van der Waals surface area contributed by atoms with Crippen LogP contribution in [0.4, 0.5) is 11.5 Å². The fourth-order valence-corrected chi connectivity index (χ4v) is 1.78. The lowest BCUT2D eigenvalue weighted by atomic mass is 10.2. The van der Waals surface area contributed by atoms with Crippen molar-refractivity contribution in [2.24, 2.45) is 5.84 Å². The second kappa shape index (κ2) is 6.14. The van der Waals surface area contributed by atoms with Crippen LogP contribution in [0.15, 0.2) is 24.3 Å². The molecule has 3 N–H and O–H groups in total. The van der Waals surface area contributed by atoms with Gasteiger partial charge in [0.15, 0.2) is 5.75 Å². The summed E-state index contributed by atoms with van der Waals surface area (Å²) in [5.74, 6) is 5.84. The maximum atomic E-state index is 11.0. The van der Waals surface area contributed by atoms with Crippen LogP contribution in [-0.4, -0.2) is 14.9 Å². The highest BCUT2D eigenvalue weighted by Crippen LogP contribution is 2.32. The average Bonchev–Trinajstić information content (AvgIpc) is 2.48. The zero-order chi connectivity index (χ0) is 15.4. The van der Waals surface area contributed by atoms with Gasteiger partial charge >= 0.3 is 11.6 Å². The number of ether oxygens (including phenoxy) is 1. The highest BCUT2D eigenvalue weighted by atomic mass is 16.6. The molecule has 0 amide bonds. The quantitative estimate of drug-likeness (QED) is 0.493. The van der Waals surface area contributed by atoms with E-state index in [9.17, 15) is 10.1 Å². The topological polar surface area (TPSA) is 116 Å². The number of hydrogen-bond acceptors (Lipinski definition) is 7. The Labute approximate surface area is 121 Å². The molecule has 0 aliphatic heterocycles. The molecule has 0 bridgehead atoms. The number of nitro groups is 1. The number of nitrogens with zero attached hydrogens (tertiary/aromatic N) is 3. The van der Waals surface area contributed by atoms with Crippen molar-refractivity contribution in [3.05, 3.63) is 45.8 Å². The van der Waals surface area contributed by atoms with Crippen molar-refractivity contribution in [1.29, 1.82) is 0 Å². The normalized spacial score (nSPS) is 10.2. The molecule has 0 atom stereocenters. The summed E-state index contributed by atoms with van der Waals surface area (Å²) in [6.45, 7) is 3.79. The first kappa shape index (κ1) is 14.7. The molecule has 0 aromatic carbocycles. The van der Waals surface area contributed by atoms with Gasteiger partial charge in [0.2, 0.25) is 0 Å². The van der Waals surface area contributed by atoms with E-state index in [0.29, 0.717) is 17.9 Å². The monoisotopic (exact) mass is 289 g/mol. The number of aryl methyl sites for hydroxylation is 2. The van der Waals surface area contributed by atoms with Crippen LogP contribution in [0.1, 0.15) is 18.3 Å². The summed E-state index contributed by atoms with van der Waals surface area (Å²) < 4.78 is 5.58. The van der Waals surface area contributed by atoms with E-state index in [4.69, 9.17) is 10.6 Å². The first-order valence-corrected chi connectivity index (χ1v) is 6.31. The lowest BCUT2D eigenvalue weighted by Gasteiger charge is -2.10. The first-order valence-electron chi connectivity index (χ1n) is 6.31. The molecule has 0 aliphatic rings. The van der Waals surface area contributed by atoms with Gasteiger partial charge in [-0.3, -0.25) is 15.1 Å². The fraction of sp³-hybridized carbons (Fsp3) is 0.231. The lowest BCUT2D eigenvalue weighted by molar-refractivity contribution is -0.386. The molecule has 2 aromatic heterocycles. The SMILES string of the molecule is CCc1nc(C)ccc1Oc1nc(NN)ccc1[N+](=O)[O-]. The van der Waals surface area contributed by atoms with Crippen LogP contribution in [-0.2, 0) is 6.42 Å². The second-order valence-corrected chi connectivity index (χ2v) is 4.28. The van der Waals surface area contributed by atoms with E-state index in [0.717, 1.165) is 5.69 Å². The first-order chi connectivity index (χ1) is 10.0. The third-order valence-corrected chi connectivity index (χ3v) is 2.80. The van der Waals surface area contributed by atoms with Gasteiger partial charge < -0.3 is 10.2 Å². The summed E-state index contributed by atoms with van der Waals surface area (Å²) >= 11 is 0. The Bertz CT molecular complexity index is 675. The summed E-state index contributed by atoms with van der Waals surface area (Å²) in [4.78, 5) is 18.8. The molecule has 0 unspecified atom stereocenters. The van der Waals surface area contributed by atoms with Crippen LogP contribution < -0.4 is 16.0 Å². The number of nitrogen functional groups attached to an aromatic ring is 1. The Morgan fingerprint density at radius 2 is 2.10 bits per heavy atom. The molecule has 2 rings (SSSR count). The predicted octanol–water partition coefficient (Wildman–Crippen LogP) is 2.33. The minimum Gasteiger partial charge on any atom is -0.432 e. The van der Waals surface area contributed by atoms with Gasteiger partial charge in [0, 0.05) is 11.8 Å². The molecule has 0 aliphatic carbocycles. The van der Waals surface area contributed by atoms with E-state index in [-0.39, 0.29) is 17.4 Å². The number of nitrogens with one attached hydrogen (secondary N) is 1. The van der Waals surface area contributed by atoms with Crippen LogP contribution in [0.2, 0.25) is 0 Å². The van der Waals surface area contributed by atoms with Crippen LogP contribution in [0.3, 0.4) is 0 Å². The van der Waals surface area contributed by atoms with E-state index in [1.165, 1.54) is 12.1 Å². The number of rotatable bonds is 5. The summed E-state index contributed by atoms with van der Waals surface area (Å²) in [7, 11) is 0.